The Morgan fingerprint density at radius 1 is 0.826 bits per heavy atom. The summed E-state index contributed by atoms with van der Waals surface area (Å²) < 4.78 is 35.4. The number of sulfonamides is 1. The van der Waals surface area contributed by atoms with Crippen molar-refractivity contribution in [1.29, 1.82) is 0 Å². The van der Waals surface area contributed by atoms with Gasteiger partial charge in [0, 0.05) is 19.0 Å². The number of nitrogens with zero attached hydrogens (tertiary/aromatic N) is 2. The van der Waals surface area contributed by atoms with E-state index in [9.17, 15) is 18.0 Å². The molecule has 2 atom stereocenters. The molecule has 0 saturated heterocycles. The van der Waals surface area contributed by atoms with Gasteiger partial charge in [-0.2, -0.15) is 0 Å². The van der Waals surface area contributed by atoms with Crippen LogP contribution >= 0.6 is 0 Å². The van der Waals surface area contributed by atoms with Gasteiger partial charge in [0.05, 0.1) is 17.2 Å². The SMILES string of the molecule is CCOc1ccccc1N(CC(=O)N(Cc1ccccc1C)[C@@H](Cc1ccccc1)C(=O)N[C@H](C)CC)S(=O)(=O)c1ccccc1. The third kappa shape index (κ3) is 8.54. The smallest absolute Gasteiger partial charge is 0.264 e. The molecular formula is C37H43N3O5S. The molecular weight excluding hydrogens is 598 g/mol. The predicted octanol–water partition coefficient (Wildman–Crippen LogP) is 6.14. The highest BCUT2D eigenvalue weighted by Gasteiger charge is 2.36. The second kappa shape index (κ2) is 16.1. The first-order chi connectivity index (χ1) is 22.1. The first-order valence-electron chi connectivity index (χ1n) is 15.6. The summed E-state index contributed by atoms with van der Waals surface area (Å²) >= 11 is 0. The molecule has 0 aliphatic rings. The van der Waals surface area contributed by atoms with Gasteiger partial charge in [0.25, 0.3) is 10.0 Å². The number of benzene rings is 4. The standard InChI is InChI=1S/C37H43N3O5S/c1-5-29(4)38-37(42)34(25-30-18-9-7-10-19-30)39(26-31-20-14-13-17-28(31)3)36(41)27-40(33-23-15-16-24-35(33)45-6-2)46(43,44)32-21-11-8-12-22-32/h7-24,29,34H,5-6,25-27H2,1-4H3,(H,38,42)/t29-,34+/m1/s1. The van der Waals surface area contributed by atoms with E-state index in [-0.39, 0.29) is 35.5 Å². The first kappa shape index (κ1) is 34.2. The largest absolute Gasteiger partial charge is 0.492 e. The zero-order valence-corrected chi connectivity index (χ0v) is 27.7. The van der Waals surface area contributed by atoms with Crippen molar-refractivity contribution in [3.05, 3.63) is 126 Å². The van der Waals surface area contributed by atoms with E-state index in [0.29, 0.717) is 18.8 Å². The highest BCUT2D eigenvalue weighted by atomic mass is 32.2. The van der Waals surface area contributed by atoms with Crippen LogP contribution in [0.3, 0.4) is 0 Å². The lowest BCUT2D eigenvalue weighted by Gasteiger charge is -2.35. The maximum atomic E-state index is 14.7. The highest BCUT2D eigenvalue weighted by molar-refractivity contribution is 7.92. The molecule has 1 N–H and O–H groups in total. The summed E-state index contributed by atoms with van der Waals surface area (Å²) in [4.78, 5) is 30.2. The molecule has 8 nitrogen and oxygen atoms in total. The molecule has 0 fully saturated rings. The maximum Gasteiger partial charge on any atom is 0.264 e. The third-order valence-electron chi connectivity index (χ3n) is 7.92. The van der Waals surface area contributed by atoms with Crippen LogP contribution in [-0.4, -0.2) is 50.4 Å². The fourth-order valence-corrected chi connectivity index (χ4v) is 6.59. The van der Waals surface area contributed by atoms with E-state index >= 15 is 0 Å². The summed E-state index contributed by atoms with van der Waals surface area (Å²) in [6, 6.07) is 31.0. The van der Waals surface area contributed by atoms with Crippen molar-refractivity contribution in [3.63, 3.8) is 0 Å². The zero-order chi connectivity index (χ0) is 33.1. The Bertz CT molecular complexity index is 1700. The topological polar surface area (TPSA) is 96.0 Å². The van der Waals surface area contributed by atoms with Crippen molar-refractivity contribution >= 4 is 27.5 Å². The number of hydrogen-bond acceptors (Lipinski definition) is 5. The fraction of sp³-hybridized carbons (Fsp3) is 0.297. The molecule has 0 heterocycles. The van der Waals surface area contributed by atoms with Crippen LogP contribution in [0.4, 0.5) is 5.69 Å². The van der Waals surface area contributed by atoms with E-state index in [1.54, 1.807) is 42.5 Å². The number of aryl methyl sites for hydroxylation is 1. The minimum atomic E-state index is -4.23. The second-order valence-corrected chi connectivity index (χ2v) is 13.1. The third-order valence-corrected chi connectivity index (χ3v) is 9.69. The minimum Gasteiger partial charge on any atom is -0.492 e. The molecule has 2 amide bonds. The number of amides is 2. The van der Waals surface area contributed by atoms with Crippen LogP contribution < -0.4 is 14.4 Å². The van der Waals surface area contributed by atoms with Gasteiger partial charge >= 0.3 is 0 Å². The van der Waals surface area contributed by atoms with E-state index in [1.165, 1.54) is 17.0 Å². The highest BCUT2D eigenvalue weighted by Crippen LogP contribution is 2.33. The lowest BCUT2D eigenvalue weighted by atomic mass is 10.0. The normalized spacial score (nSPS) is 12.5. The van der Waals surface area contributed by atoms with Crippen molar-refractivity contribution in [2.45, 2.75) is 64.1 Å². The van der Waals surface area contributed by atoms with Gasteiger partial charge in [-0.25, -0.2) is 8.42 Å². The molecule has 4 aromatic rings. The zero-order valence-electron chi connectivity index (χ0n) is 26.9. The average Bonchev–Trinajstić information content (AvgIpc) is 3.07. The molecule has 242 valence electrons. The second-order valence-electron chi connectivity index (χ2n) is 11.2. The monoisotopic (exact) mass is 641 g/mol. The number of nitrogens with one attached hydrogen (secondary N) is 1. The molecule has 46 heavy (non-hydrogen) atoms. The summed E-state index contributed by atoms with van der Waals surface area (Å²) in [5.41, 5.74) is 2.93. The molecule has 4 rings (SSSR count). The van der Waals surface area contributed by atoms with Crippen LogP contribution in [0, 0.1) is 6.92 Å². The van der Waals surface area contributed by atoms with E-state index in [4.69, 9.17) is 4.74 Å². The van der Waals surface area contributed by atoms with Crippen molar-refractivity contribution in [2.24, 2.45) is 0 Å². The minimum absolute atomic E-state index is 0.0369. The van der Waals surface area contributed by atoms with Crippen molar-refractivity contribution < 1.29 is 22.7 Å². The number of para-hydroxylation sites is 2. The summed E-state index contributed by atoms with van der Waals surface area (Å²) in [6.45, 7) is 7.54. The van der Waals surface area contributed by atoms with Crippen LogP contribution in [0.1, 0.15) is 43.9 Å². The Hall–Kier alpha value is -4.63. The fourth-order valence-electron chi connectivity index (χ4n) is 5.14. The van der Waals surface area contributed by atoms with E-state index in [1.807, 2.05) is 82.3 Å². The Labute approximate surface area is 273 Å². The molecule has 0 bridgehead atoms. The van der Waals surface area contributed by atoms with Gasteiger partial charge in [0.15, 0.2) is 0 Å². The van der Waals surface area contributed by atoms with Crippen molar-refractivity contribution in [3.8, 4) is 5.75 Å². The van der Waals surface area contributed by atoms with Crippen LogP contribution in [0.15, 0.2) is 114 Å². The van der Waals surface area contributed by atoms with Crippen molar-refractivity contribution in [1.82, 2.24) is 10.2 Å². The maximum absolute atomic E-state index is 14.7. The molecule has 0 radical (unpaired) electrons. The van der Waals surface area contributed by atoms with Crippen LogP contribution in [0.2, 0.25) is 0 Å². The van der Waals surface area contributed by atoms with Gasteiger partial charge < -0.3 is 15.0 Å². The molecule has 0 aromatic heterocycles. The first-order valence-corrected chi connectivity index (χ1v) is 17.1. The van der Waals surface area contributed by atoms with Gasteiger partial charge in [-0.05, 0) is 68.1 Å². The van der Waals surface area contributed by atoms with Gasteiger partial charge in [0.1, 0.15) is 18.3 Å². The number of rotatable bonds is 15. The molecule has 0 saturated carbocycles. The van der Waals surface area contributed by atoms with Gasteiger partial charge in [-0.15, -0.1) is 0 Å². The number of ether oxygens (including phenoxy) is 1. The summed E-state index contributed by atoms with van der Waals surface area (Å²) in [7, 11) is -4.23. The van der Waals surface area contributed by atoms with Gasteiger partial charge in [-0.1, -0.05) is 91.9 Å². The summed E-state index contributed by atoms with van der Waals surface area (Å²) in [5.74, 6) is -0.486. The van der Waals surface area contributed by atoms with Gasteiger partial charge in [-0.3, -0.25) is 13.9 Å². The number of carbonyl (C=O) groups is 2. The Morgan fingerprint density at radius 2 is 1.43 bits per heavy atom. The Kier molecular flexibility index (Phi) is 12.0. The quantitative estimate of drug-likeness (QED) is 0.168. The number of carbonyl (C=O) groups excluding carboxylic acids is 2. The Balaban J connectivity index is 1.84. The van der Waals surface area contributed by atoms with Gasteiger partial charge in [0.2, 0.25) is 11.8 Å². The summed E-state index contributed by atoms with van der Waals surface area (Å²) in [6.07, 6.45) is 0.967. The summed E-state index contributed by atoms with van der Waals surface area (Å²) in [5, 5.41) is 3.07. The van der Waals surface area contributed by atoms with E-state index in [0.717, 1.165) is 21.0 Å². The molecule has 0 unspecified atom stereocenters. The molecule has 0 aliphatic heterocycles. The Morgan fingerprint density at radius 3 is 2.09 bits per heavy atom. The van der Waals surface area contributed by atoms with Crippen LogP contribution in [0.25, 0.3) is 0 Å². The lowest BCUT2D eigenvalue weighted by molar-refractivity contribution is -0.140. The molecule has 9 heteroatoms. The van der Waals surface area contributed by atoms with Crippen LogP contribution in [-0.2, 0) is 32.6 Å². The molecule has 4 aromatic carbocycles. The molecule has 0 spiro atoms. The van der Waals surface area contributed by atoms with Crippen LogP contribution in [0.5, 0.6) is 5.75 Å². The van der Waals surface area contributed by atoms with E-state index in [2.05, 4.69) is 5.32 Å². The number of anilines is 1. The lowest BCUT2D eigenvalue weighted by Crippen LogP contribution is -2.54. The number of hydrogen-bond donors (Lipinski definition) is 1. The average molecular weight is 642 g/mol. The molecule has 0 aliphatic carbocycles. The van der Waals surface area contributed by atoms with E-state index < -0.39 is 28.5 Å². The van der Waals surface area contributed by atoms with Crippen molar-refractivity contribution in [2.75, 3.05) is 17.5 Å². The predicted molar refractivity (Wildman–Crippen MR) is 182 cm³/mol.